The summed E-state index contributed by atoms with van der Waals surface area (Å²) in [6.07, 6.45) is -1.17. The normalized spacial score (nSPS) is 12.3. The van der Waals surface area contributed by atoms with E-state index in [0.29, 0.717) is 41.7 Å². The van der Waals surface area contributed by atoms with Crippen LogP contribution in [0.3, 0.4) is 0 Å². The van der Waals surface area contributed by atoms with Crippen molar-refractivity contribution < 1.29 is 24.2 Å². The van der Waals surface area contributed by atoms with Gasteiger partial charge in [-0.05, 0) is 36.4 Å². The molecule has 3 N–H and O–H groups in total. The maximum atomic E-state index is 12.3. The highest BCUT2D eigenvalue weighted by atomic mass is 16.6. The third-order valence-corrected chi connectivity index (χ3v) is 3.18. The van der Waals surface area contributed by atoms with E-state index in [0.717, 1.165) is 0 Å². The summed E-state index contributed by atoms with van der Waals surface area (Å²) in [5.41, 5.74) is 1.28. The molecule has 0 aliphatic carbocycles. The lowest BCUT2D eigenvalue weighted by molar-refractivity contribution is 0.102. The molecule has 0 atom stereocenters. The van der Waals surface area contributed by atoms with Crippen LogP contribution >= 0.6 is 0 Å². The topological polar surface area (TPSA) is 96.9 Å². The fraction of sp³-hybridized carbons (Fsp3) is 0.125. The standard InChI is InChI=1S/C16H14N2O5/c19-15(10-4-5-13-14(8-10)23-7-6-22-13)17-11-2-1-3-12(9-11)18-16(20)21/h1-5,8-9,18H,6-7H2,(H,17,19)(H,20,21). The number of benzene rings is 2. The van der Waals surface area contributed by atoms with Crippen molar-refractivity contribution in [2.45, 2.75) is 0 Å². The molecule has 3 rings (SSSR count). The van der Waals surface area contributed by atoms with Crippen LogP contribution in [0.25, 0.3) is 0 Å². The Morgan fingerprint density at radius 2 is 1.61 bits per heavy atom. The summed E-state index contributed by atoms with van der Waals surface area (Å²) in [5, 5.41) is 13.6. The summed E-state index contributed by atoms with van der Waals surface area (Å²) in [7, 11) is 0. The first-order valence-electron chi connectivity index (χ1n) is 6.93. The van der Waals surface area contributed by atoms with E-state index in [1.165, 1.54) is 6.07 Å². The molecule has 0 bridgehead atoms. The second kappa shape index (κ2) is 6.27. The van der Waals surface area contributed by atoms with E-state index in [2.05, 4.69) is 10.6 Å². The fourth-order valence-corrected chi connectivity index (χ4v) is 2.19. The Kier molecular flexibility index (Phi) is 4.01. The van der Waals surface area contributed by atoms with Crippen molar-refractivity contribution in [2.75, 3.05) is 23.8 Å². The molecule has 0 spiro atoms. The van der Waals surface area contributed by atoms with Gasteiger partial charge in [0.25, 0.3) is 5.91 Å². The zero-order chi connectivity index (χ0) is 16.2. The minimum atomic E-state index is -1.17. The summed E-state index contributed by atoms with van der Waals surface area (Å²) >= 11 is 0. The van der Waals surface area contributed by atoms with Crippen LogP contribution in [0, 0.1) is 0 Å². The van der Waals surface area contributed by atoms with Gasteiger partial charge in [-0.1, -0.05) is 6.07 Å². The number of fused-ring (bicyclic) bond motifs is 1. The summed E-state index contributed by atoms with van der Waals surface area (Å²) in [6, 6.07) is 11.4. The molecule has 118 valence electrons. The highest BCUT2D eigenvalue weighted by Gasteiger charge is 2.15. The molecule has 2 aromatic rings. The highest BCUT2D eigenvalue weighted by molar-refractivity contribution is 6.05. The molecular weight excluding hydrogens is 300 g/mol. The Balaban J connectivity index is 1.75. The quantitative estimate of drug-likeness (QED) is 0.809. The first-order chi connectivity index (χ1) is 11.1. The van der Waals surface area contributed by atoms with Crippen molar-refractivity contribution in [3.63, 3.8) is 0 Å². The minimum absolute atomic E-state index is 0.325. The van der Waals surface area contributed by atoms with Gasteiger partial charge < -0.3 is 19.9 Å². The summed E-state index contributed by atoms with van der Waals surface area (Å²) < 4.78 is 10.9. The molecule has 0 fully saturated rings. The molecule has 0 radical (unpaired) electrons. The Bertz CT molecular complexity index is 760. The van der Waals surface area contributed by atoms with Crippen molar-refractivity contribution in [1.29, 1.82) is 0 Å². The van der Waals surface area contributed by atoms with Crippen LogP contribution in [0.1, 0.15) is 10.4 Å². The van der Waals surface area contributed by atoms with Gasteiger partial charge in [-0.3, -0.25) is 10.1 Å². The van der Waals surface area contributed by atoms with E-state index in [-0.39, 0.29) is 5.91 Å². The predicted octanol–water partition coefficient (Wildman–Crippen LogP) is 2.80. The number of carbonyl (C=O) groups is 2. The van der Waals surface area contributed by atoms with Crippen molar-refractivity contribution in [1.82, 2.24) is 0 Å². The van der Waals surface area contributed by atoms with E-state index in [4.69, 9.17) is 14.6 Å². The van der Waals surface area contributed by atoms with E-state index in [1.54, 1.807) is 36.4 Å². The zero-order valence-electron chi connectivity index (χ0n) is 12.0. The number of hydrogen-bond acceptors (Lipinski definition) is 4. The van der Waals surface area contributed by atoms with Crippen molar-refractivity contribution in [3.05, 3.63) is 48.0 Å². The molecule has 1 heterocycles. The van der Waals surface area contributed by atoms with Crippen LogP contribution in [0.4, 0.5) is 16.2 Å². The van der Waals surface area contributed by atoms with Gasteiger partial charge in [-0.2, -0.15) is 0 Å². The first-order valence-corrected chi connectivity index (χ1v) is 6.93. The zero-order valence-corrected chi connectivity index (χ0v) is 12.0. The van der Waals surface area contributed by atoms with Crippen LogP contribution in [0.2, 0.25) is 0 Å². The summed E-state index contributed by atoms with van der Waals surface area (Å²) in [6.45, 7) is 0.933. The third kappa shape index (κ3) is 3.52. The number of carbonyl (C=O) groups excluding carboxylic acids is 1. The van der Waals surface area contributed by atoms with Gasteiger partial charge in [0, 0.05) is 16.9 Å². The first kappa shape index (κ1) is 14.7. The molecule has 0 saturated carbocycles. The second-order valence-corrected chi connectivity index (χ2v) is 4.82. The number of rotatable bonds is 3. The van der Waals surface area contributed by atoms with Crippen molar-refractivity contribution >= 4 is 23.4 Å². The van der Waals surface area contributed by atoms with Gasteiger partial charge in [-0.25, -0.2) is 4.79 Å². The number of anilines is 2. The molecule has 7 nitrogen and oxygen atoms in total. The maximum absolute atomic E-state index is 12.3. The van der Waals surface area contributed by atoms with Gasteiger partial charge in [0.15, 0.2) is 11.5 Å². The summed E-state index contributed by atoms with van der Waals surface area (Å²) in [4.78, 5) is 22.9. The Morgan fingerprint density at radius 3 is 2.35 bits per heavy atom. The molecule has 0 saturated heterocycles. The highest BCUT2D eigenvalue weighted by Crippen LogP contribution is 2.31. The van der Waals surface area contributed by atoms with E-state index in [1.807, 2.05) is 0 Å². The van der Waals surface area contributed by atoms with Crippen LogP contribution in [-0.4, -0.2) is 30.3 Å². The monoisotopic (exact) mass is 314 g/mol. The predicted molar refractivity (Wildman–Crippen MR) is 83.5 cm³/mol. The van der Waals surface area contributed by atoms with E-state index in [9.17, 15) is 9.59 Å². The molecule has 23 heavy (non-hydrogen) atoms. The number of ether oxygens (including phenoxy) is 2. The number of hydrogen-bond donors (Lipinski definition) is 3. The number of nitrogens with one attached hydrogen (secondary N) is 2. The molecule has 1 aliphatic heterocycles. The van der Waals surface area contributed by atoms with Crippen LogP contribution in [-0.2, 0) is 0 Å². The second-order valence-electron chi connectivity index (χ2n) is 4.82. The lowest BCUT2D eigenvalue weighted by atomic mass is 10.1. The molecule has 7 heteroatoms. The third-order valence-electron chi connectivity index (χ3n) is 3.18. The van der Waals surface area contributed by atoms with Crippen molar-refractivity contribution in [3.8, 4) is 11.5 Å². The largest absolute Gasteiger partial charge is 0.486 e. The minimum Gasteiger partial charge on any atom is -0.486 e. The molecule has 0 aromatic heterocycles. The Labute approximate surface area is 131 Å². The average Bonchev–Trinajstić information content (AvgIpc) is 2.54. The Hall–Kier alpha value is -3.22. The fourth-order valence-electron chi connectivity index (χ4n) is 2.19. The Morgan fingerprint density at radius 1 is 0.913 bits per heavy atom. The number of amides is 2. The van der Waals surface area contributed by atoms with Crippen molar-refractivity contribution in [2.24, 2.45) is 0 Å². The SMILES string of the molecule is O=C(O)Nc1cccc(NC(=O)c2ccc3c(c2)OCCO3)c1. The van der Waals surface area contributed by atoms with Crippen LogP contribution in [0.15, 0.2) is 42.5 Å². The average molecular weight is 314 g/mol. The smallest absolute Gasteiger partial charge is 0.409 e. The van der Waals surface area contributed by atoms with E-state index >= 15 is 0 Å². The molecule has 2 aromatic carbocycles. The maximum Gasteiger partial charge on any atom is 0.409 e. The van der Waals surface area contributed by atoms with Gasteiger partial charge in [-0.15, -0.1) is 0 Å². The molecular formula is C16H14N2O5. The van der Waals surface area contributed by atoms with E-state index < -0.39 is 6.09 Å². The van der Waals surface area contributed by atoms with Crippen LogP contribution in [0.5, 0.6) is 11.5 Å². The van der Waals surface area contributed by atoms with Crippen LogP contribution < -0.4 is 20.1 Å². The van der Waals surface area contributed by atoms with Gasteiger partial charge in [0.05, 0.1) is 0 Å². The molecule has 1 aliphatic rings. The molecule has 2 amide bonds. The number of carboxylic acid groups (broad SMARTS) is 1. The van der Waals surface area contributed by atoms with Gasteiger partial charge >= 0.3 is 6.09 Å². The lowest BCUT2D eigenvalue weighted by Crippen LogP contribution is -2.17. The van der Waals surface area contributed by atoms with Gasteiger partial charge in [0.1, 0.15) is 13.2 Å². The lowest BCUT2D eigenvalue weighted by Gasteiger charge is -2.18. The molecule has 0 unspecified atom stereocenters. The summed E-state index contributed by atoms with van der Waals surface area (Å²) in [5.74, 6) is 0.820. The van der Waals surface area contributed by atoms with Gasteiger partial charge in [0.2, 0.25) is 0 Å².